The lowest BCUT2D eigenvalue weighted by molar-refractivity contribution is 0.762. The van der Waals surface area contributed by atoms with Gasteiger partial charge in [0.15, 0.2) is 5.65 Å². The number of fused-ring (bicyclic) bond motifs is 2. The van der Waals surface area contributed by atoms with Crippen molar-refractivity contribution >= 4 is 28.2 Å². The van der Waals surface area contributed by atoms with Crippen molar-refractivity contribution in [3.05, 3.63) is 80.2 Å². The summed E-state index contributed by atoms with van der Waals surface area (Å²) in [6.45, 7) is 0. The highest BCUT2D eigenvalue weighted by Crippen LogP contribution is 2.54. The van der Waals surface area contributed by atoms with Crippen molar-refractivity contribution in [2.24, 2.45) is 0 Å². The zero-order valence-electron chi connectivity index (χ0n) is 15.6. The molecule has 0 saturated heterocycles. The molecular weight excluding hydrogens is 384 g/mol. The van der Waals surface area contributed by atoms with Gasteiger partial charge in [-0.2, -0.15) is 14.9 Å². The maximum absolute atomic E-state index is 13.2. The predicted molar refractivity (Wildman–Crippen MR) is 111 cm³/mol. The van der Waals surface area contributed by atoms with Gasteiger partial charge in [-0.3, -0.25) is 4.79 Å². The van der Waals surface area contributed by atoms with Crippen LogP contribution in [0.4, 0.5) is 0 Å². The van der Waals surface area contributed by atoms with Crippen LogP contribution in [0.1, 0.15) is 54.0 Å². The molecule has 4 aromatic rings. The zero-order chi connectivity index (χ0) is 19.8. The summed E-state index contributed by atoms with van der Waals surface area (Å²) in [5.74, 6) is 0.567. The van der Waals surface area contributed by atoms with Gasteiger partial charge in [0.2, 0.25) is 0 Å². The van der Waals surface area contributed by atoms with Gasteiger partial charge >= 0.3 is 0 Å². The van der Waals surface area contributed by atoms with E-state index in [1.807, 2.05) is 36.4 Å². The largest absolute Gasteiger partial charge is 0.338 e. The number of nitriles is 1. The highest BCUT2D eigenvalue weighted by molar-refractivity contribution is 6.30. The summed E-state index contributed by atoms with van der Waals surface area (Å²) in [6.07, 6.45) is 4.15. The first-order chi connectivity index (χ1) is 14.1. The van der Waals surface area contributed by atoms with Crippen LogP contribution in [0.2, 0.25) is 5.02 Å². The lowest BCUT2D eigenvalue weighted by atomic mass is 9.90. The Morgan fingerprint density at radius 1 is 1.17 bits per heavy atom. The molecule has 0 amide bonds. The third-order valence-corrected chi connectivity index (χ3v) is 6.62. The van der Waals surface area contributed by atoms with E-state index in [-0.39, 0.29) is 11.0 Å². The summed E-state index contributed by atoms with van der Waals surface area (Å²) in [7, 11) is 0. The van der Waals surface area contributed by atoms with Crippen LogP contribution in [0.15, 0.2) is 47.3 Å². The SMILES string of the molecule is N#Cc1c(C2(c3ccc(Cl)cc3)CC2)nn2c(=O)c3cc(C4CC4)ccc3[nH]c12. The fourth-order valence-electron chi connectivity index (χ4n) is 4.44. The molecule has 2 aromatic heterocycles. The van der Waals surface area contributed by atoms with Crippen molar-refractivity contribution < 1.29 is 0 Å². The first-order valence-electron chi connectivity index (χ1n) is 9.86. The van der Waals surface area contributed by atoms with Crippen LogP contribution >= 0.6 is 11.6 Å². The fraction of sp³-hybridized carbons (Fsp3) is 0.261. The molecule has 6 rings (SSSR count). The summed E-state index contributed by atoms with van der Waals surface area (Å²) in [4.78, 5) is 16.5. The first-order valence-corrected chi connectivity index (χ1v) is 10.2. The summed E-state index contributed by atoms with van der Waals surface area (Å²) in [5, 5.41) is 15.9. The predicted octanol–water partition coefficient (Wildman–Crippen LogP) is 4.66. The van der Waals surface area contributed by atoms with E-state index in [9.17, 15) is 10.1 Å². The molecule has 0 bridgehead atoms. The van der Waals surface area contributed by atoms with E-state index in [4.69, 9.17) is 11.6 Å². The Kier molecular flexibility index (Phi) is 3.31. The van der Waals surface area contributed by atoms with Crippen molar-refractivity contribution in [1.82, 2.24) is 14.6 Å². The molecule has 2 aliphatic rings. The molecule has 142 valence electrons. The minimum absolute atomic E-state index is 0.175. The topological polar surface area (TPSA) is 74.0 Å². The third kappa shape index (κ3) is 2.39. The van der Waals surface area contributed by atoms with Gasteiger partial charge < -0.3 is 4.98 Å². The van der Waals surface area contributed by atoms with Crippen LogP contribution in [0.25, 0.3) is 16.6 Å². The second-order valence-corrected chi connectivity index (χ2v) is 8.63. The standard InChI is InChI=1S/C23H17ClN4O/c24-16-6-4-15(5-7-16)23(9-10-23)20-18(12-25)21-26-19-8-3-14(13-1-2-13)11-17(19)22(29)28(21)27-20/h3-8,11,13,26H,1-2,9-10H2. The van der Waals surface area contributed by atoms with E-state index in [0.29, 0.717) is 33.2 Å². The molecular formula is C23H17ClN4O. The molecule has 2 heterocycles. The van der Waals surface area contributed by atoms with E-state index < -0.39 is 0 Å². The van der Waals surface area contributed by atoms with Crippen LogP contribution in [-0.2, 0) is 5.41 Å². The number of H-pyrrole nitrogens is 1. The summed E-state index contributed by atoms with van der Waals surface area (Å²) < 4.78 is 1.38. The highest BCUT2D eigenvalue weighted by atomic mass is 35.5. The second-order valence-electron chi connectivity index (χ2n) is 8.19. The molecule has 1 N–H and O–H groups in total. The van der Waals surface area contributed by atoms with Crippen molar-refractivity contribution in [3.8, 4) is 6.07 Å². The van der Waals surface area contributed by atoms with Crippen molar-refractivity contribution in [2.75, 3.05) is 0 Å². The number of rotatable bonds is 3. The van der Waals surface area contributed by atoms with Crippen LogP contribution in [0.3, 0.4) is 0 Å². The number of nitrogens with zero attached hydrogens (tertiary/aromatic N) is 3. The molecule has 29 heavy (non-hydrogen) atoms. The van der Waals surface area contributed by atoms with Gasteiger partial charge in [-0.1, -0.05) is 29.8 Å². The molecule has 0 radical (unpaired) electrons. The lowest BCUT2D eigenvalue weighted by Gasteiger charge is -2.13. The number of hydrogen-bond acceptors (Lipinski definition) is 3. The molecule has 5 nitrogen and oxygen atoms in total. The second kappa shape index (κ2) is 5.71. The Morgan fingerprint density at radius 2 is 1.93 bits per heavy atom. The van der Waals surface area contributed by atoms with E-state index in [1.165, 1.54) is 22.9 Å². The average molecular weight is 401 g/mol. The molecule has 0 aliphatic heterocycles. The number of aromatic nitrogens is 3. The molecule has 0 unspecified atom stereocenters. The van der Waals surface area contributed by atoms with Crippen molar-refractivity contribution in [2.45, 2.75) is 37.0 Å². The Labute approximate surface area is 171 Å². The van der Waals surface area contributed by atoms with Gasteiger partial charge in [-0.05, 0) is 67.0 Å². The molecule has 2 saturated carbocycles. The number of benzene rings is 2. The van der Waals surface area contributed by atoms with E-state index in [1.54, 1.807) is 0 Å². The number of aromatic amines is 1. The molecule has 2 fully saturated rings. The normalized spacial score (nSPS) is 17.5. The van der Waals surface area contributed by atoms with Gasteiger partial charge in [0.25, 0.3) is 5.56 Å². The monoisotopic (exact) mass is 400 g/mol. The van der Waals surface area contributed by atoms with Gasteiger partial charge in [-0.25, -0.2) is 0 Å². The maximum Gasteiger partial charge on any atom is 0.282 e. The van der Waals surface area contributed by atoms with Gasteiger partial charge in [0.1, 0.15) is 11.6 Å². The van der Waals surface area contributed by atoms with Crippen LogP contribution in [-0.4, -0.2) is 14.6 Å². The quantitative estimate of drug-likeness (QED) is 0.543. The minimum Gasteiger partial charge on any atom is -0.338 e. The first kappa shape index (κ1) is 16.8. The third-order valence-electron chi connectivity index (χ3n) is 6.37. The smallest absolute Gasteiger partial charge is 0.282 e. The Hall–Kier alpha value is -3.10. The van der Waals surface area contributed by atoms with Gasteiger partial charge in [0.05, 0.1) is 16.6 Å². The Balaban J connectivity index is 1.61. The van der Waals surface area contributed by atoms with Crippen molar-refractivity contribution in [1.29, 1.82) is 5.26 Å². The zero-order valence-corrected chi connectivity index (χ0v) is 16.3. The number of halogens is 1. The molecule has 6 heteroatoms. The summed E-state index contributed by atoms with van der Waals surface area (Å²) >= 11 is 6.05. The Bertz CT molecular complexity index is 1400. The molecule has 0 spiro atoms. The molecule has 2 aromatic carbocycles. The minimum atomic E-state index is -0.326. The number of hydrogen-bond donors (Lipinski definition) is 1. The summed E-state index contributed by atoms with van der Waals surface area (Å²) in [5.41, 5.74) is 4.12. The lowest BCUT2D eigenvalue weighted by Crippen LogP contribution is -2.17. The highest BCUT2D eigenvalue weighted by Gasteiger charge is 2.50. The molecule has 2 aliphatic carbocycles. The van der Waals surface area contributed by atoms with Crippen LogP contribution in [0.5, 0.6) is 0 Å². The van der Waals surface area contributed by atoms with E-state index in [0.717, 1.165) is 23.9 Å². The maximum atomic E-state index is 13.2. The average Bonchev–Trinajstić information content (AvgIpc) is 3.65. The Morgan fingerprint density at radius 3 is 2.59 bits per heavy atom. The molecule has 0 atom stereocenters. The van der Waals surface area contributed by atoms with Crippen LogP contribution < -0.4 is 5.56 Å². The number of nitrogens with one attached hydrogen (secondary N) is 1. The fourth-order valence-corrected chi connectivity index (χ4v) is 4.56. The van der Waals surface area contributed by atoms with Crippen molar-refractivity contribution in [3.63, 3.8) is 0 Å². The van der Waals surface area contributed by atoms with E-state index in [2.05, 4.69) is 22.2 Å². The van der Waals surface area contributed by atoms with Gasteiger partial charge in [-0.15, -0.1) is 0 Å². The summed E-state index contributed by atoms with van der Waals surface area (Å²) in [6, 6.07) is 16.0. The van der Waals surface area contributed by atoms with Crippen LogP contribution in [0, 0.1) is 11.3 Å². The van der Waals surface area contributed by atoms with E-state index >= 15 is 0 Å². The van der Waals surface area contributed by atoms with Gasteiger partial charge in [0, 0.05) is 10.4 Å².